The largest absolute Gasteiger partial charge is 0.497 e. The third kappa shape index (κ3) is 3.19. The summed E-state index contributed by atoms with van der Waals surface area (Å²) in [6.45, 7) is 0.393. The van der Waals surface area contributed by atoms with Gasteiger partial charge in [-0.1, -0.05) is 12.1 Å². The van der Waals surface area contributed by atoms with Gasteiger partial charge in [0.05, 0.1) is 31.4 Å². The van der Waals surface area contributed by atoms with E-state index in [4.69, 9.17) is 4.74 Å². The van der Waals surface area contributed by atoms with Crippen molar-refractivity contribution in [2.45, 2.75) is 18.6 Å². The first kappa shape index (κ1) is 18.0. The minimum atomic E-state index is -4.70. The first-order valence-electron chi connectivity index (χ1n) is 8.31. The molecule has 0 aliphatic carbocycles. The van der Waals surface area contributed by atoms with Gasteiger partial charge in [-0.2, -0.15) is 18.2 Å². The van der Waals surface area contributed by atoms with E-state index in [2.05, 4.69) is 20.1 Å². The van der Waals surface area contributed by atoms with Crippen LogP contribution in [0.25, 0.3) is 0 Å². The molecule has 1 unspecified atom stereocenters. The van der Waals surface area contributed by atoms with Gasteiger partial charge in [-0.3, -0.25) is 9.89 Å². The van der Waals surface area contributed by atoms with Crippen LogP contribution >= 0.6 is 0 Å². The number of imidazole rings is 1. The van der Waals surface area contributed by atoms with Gasteiger partial charge < -0.3 is 14.6 Å². The molecule has 28 heavy (non-hydrogen) atoms. The second kappa shape index (κ2) is 6.66. The number of carbonyl (C=O) groups excluding carboxylic acids is 1. The van der Waals surface area contributed by atoms with Crippen LogP contribution in [0.5, 0.6) is 5.75 Å². The molecule has 2 N–H and O–H groups in total. The fourth-order valence-corrected chi connectivity index (χ4v) is 3.22. The lowest BCUT2D eigenvalue weighted by atomic mass is 9.90. The van der Waals surface area contributed by atoms with E-state index in [1.165, 1.54) is 11.2 Å². The number of rotatable bonds is 3. The van der Waals surface area contributed by atoms with Crippen LogP contribution in [0.3, 0.4) is 0 Å². The molecule has 1 atom stereocenters. The zero-order valence-corrected chi connectivity index (χ0v) is 14.6. The van der Waals surface area contributed by atoms with Gasteiger partial charge in [0.25, 0.3) is 5.91 Å². The molecule has 0 spiro atoms. The summed E-state index contributed by atoms with van der Waals surface area (Å²) in [6.07, 6.45) is -3.17. The highest BCUT2D eigenvalue weighted by molar-refractivity contribution is 5.90. The summed E-state index contributed by atoms with van der Waals surface area (Å²) in [7, 11) is 1.55. The monoisotopic (exact) mass is 392 g/mol. The Labute approximate surface area is 156 Å². The molecule has 0 bridgehead atoms. The lowest BCUT2D eigenvalue weighted by Gasteiger charge is -2.31. The highest BCUT2D eigenvalue weighted by Crippen LogP contribution is 2.33. The number of halogens is 3. The normalized spacial score (nSPS) is 16.7. The van der Waals surface area contributed by atoms with E-state index < -0.39 is 23.7 Å². The number of methoxy groups -OCH3 is 1. The average Bonchev–Trinajstić information content (AvgIpc) is 3.35. The summed E-state index contributed by atoms with van der Waals surface area (Å²) >= 11 is 0. The first-order chi connectivity index (χ1) is 13.4. The van der Waals surface area contributed by atoms with Crippen LogP contribution in [0.2, 0.25) is 0 Å². The molecule has 146 valence electrons. The molecule has 11 heteroatoms. The zero-order chi connectivity index (χ0) is 19.9. The SMILES string of the molecule is COc1cccc(C2CN(C(=O)c3n[nH]c(C(F)(F)F)n3)Cc3[nH]cnc32)c1. The lowest BCUT2D eigenvalue weighted by Crippen LogP contribution is -2.39. The van der Waals surface area contributed by atoms with Crippen LogP contribution in [-0.4, -0.2) is 49.6 Å². The highest BCUT2D eigenvalue weighted by atomic mass is 19.4. The number of fused-ring (bicyclic) bond motifs is 1. The first-order valence-corrected chi connectivity index (χ1v) is 8.31. The van der Waals surface area contributed by atoms with Gasteiger partial charge in [0, 0.05) is 12.5 Å². The molecule has 0 radical (unpaired) electrons. The second-order valence-corrected chi connectivity index (χ2v) is 6.29. The number of hydrogen-bond acceptors (Lipinski definition) is 5. The molecule has 8 nitrogen and oxygen atoms in total. The molecule has 1 aliphatic heterocycles. The molecular formula is C17H15F3N6O2. The molecule has 0 saturated heterocycles. The zero-order valence-electron chi connectivity index (χ0n) is 14.6. The summed E-state index contributed by atoms with van der Waals surface area (Å²) in [4.78, 5) is 24.8. The van der Waals surface area contributed by atoms with Crippen molar-refractivity contribution in [1.82, 2.24) is 30.0 Å². The minimum Gasteiger partial charge on any atom is -0.497 e. The smallest absolute Gasteiger partial charge is 0.451 e. The number of aromatic amines is 2. The molecule has 1 aliphatic rings. The summed E-state index contributed by atoms with van der Waals surface area (Å²) in [5.41, 5.74) is 2.36. The molecular weight excluding hydrogens is 377 g/mol. The van der Waals surface area contributed by atoms with Crippen LogP contribution in [0.1, 0.15) is 39.3 Å². The van der Waals surface area contributed by atoms with Crippen molar-refractivity contribution < 1.29 is 22.7 Å². The number of hydrogen-bond donors (Lipinski definition) is 2. The Kier molecular flexibility index (Phi) is 4.28. The fourth-order valence-electron chi connectivity index (χ4n) is 3.22. The number of nitrogens with zero attached hydrogens (tertiary/aromatic N) is 4. The number of benzene rings is 1. The van der Waals surface area contributed by atoms with Crippen LogP contribution < -0.4 is 4.74 Å². The summed E-state index contributed by atoms with van der Waals surface area (Å²) in [5, 5.41) is 5.20. The van der Waals surface area contributed by atoms with E-state index >= 15 is 0 Å². The number of nitrogens with one attached hydrogen (secondary N) is 2. The van der Waals surface area contributed by atoms with E-state index in [0.717, 1.165) is 11.3 Å². The van der Waals surface area contributed by atoms with Crippen molar-refractivity contribution in [2.75, 3.05) is 13.7 Å². The molecule has 2 aromatic heterocycles. The lowest BCUT2D eigenvalue weighted by molar-refractivity contribution is -0.144. The van der Waals surface area contributed by atoms with E-state index in [1.54, 1.807) is 18.3 Å². The van der Waals surface area contributed by atoms with Gasteiger partial charge in [0.15, 0.2) is 0 Å². The number of H-pyrrole nitrogens is 2. The summed E-state index contributed by atoms with van der Waals surface area (Å²) in [5.74, 6) is -2.14. The molecule has 0 fully saturated rings. The van der Waals surface area contributed by atoms with Crippen molar-refractivity contribution in [2.24, 2.45) is 0 Å². The van der Waals surface area contributed by atoms with Gasteiger partial charge in [-0.15, -0.1) is 5.10 Å². The third-order valence-corrected chi connectivity index (χ3v) is 4.56. The maximum Gasteiger partial charge on any atom is 0.451 e. The molecule has 1 aromatic carbocycles. The number of alkyl halides is 3. The van der Waals surface area contributed by atoms with Crippen LogP contribution in [-0.2, 0) is 12.7 Å². The standard InChI is InChI=1S/C17H15F3N6O2/c1-28-10-4-2-3-9(5-10)11-6-26(7-12-13(11)22-8-21-12)15(27)14-23-16(25-24-14)17(18,19)20/h2-5,8,11H,6-7H2,1H3,(H,21,22)(H,23,24,25). The van der Waals surface area contributed by atoms with Gasteiger partial charge in [0.2, 0.25) is 11.6 Å². The number of ether oxygens (including phenoxy) is 1. The minimum absolute atomic E-state index is 0.171. The fraction of sp³-hybridized carbons (Fsp3) is 0.294. The van der Waals surface area contributed by atoms with E-state index in [9.17, 15) is 18.0 Å². The highest BCUT2D eigenvalue weighted by Gasteiger charge is 2.38. The Balaban J connectivity index is 1.65. The number of carbonyl (C=O) groups is 1. The van der Waals surface area contributed by atoms with Crippen molar-refractivity contribution in [3.05, 3.63) is 59.2 Å². The average molecular weight is 392 g/mol. The molecule has 4 rings (SSSR count). The maximum atomic E-state index is 12.7. The summed E-state index contributed by atoms with van der Waals surface area (Å²) in [6, 6.07) is 7.35. The molecule has 0 saturated carbocycles. The van der Waals surface area contributed by atoms with Gasteiger partial charge in [-0.25, -0.2) is 4.98 Å². The molecule has 3 heterocycles. The van der Waals surface area contributed by atoms with Crippen LogP contribution in [0.15, 0.2) is 30.6 Å². The predicted molar refractivity (Wildman–Crippen MR) is 89.5 cm³/mol. The van der Waals surface area contributed by atoms with E-state index in [1.807, 2.05) is 18.2 Å². The van der Waals surface area contributed by atoms with Crippen molar-refractivity contribution in [1.29, 1.82) is 0 Å². The Morgan fingerprint density at radius 2 is 2.18 bits per heavy atom. The maximum absolute atomic E-state index is 12.7. The van der Waals surface area contributed by atoms with Crippen molar-refractivity contribution >= 4 is 5.91 Å². The van der Waals surface area contributed by atoms with Gasteiger partial charge >= 0.3 is 6.18 Å². The Morgan fingerprint density at radius 3 is 2.89 bits per heavy atom. The van der Waals surface area contributed by atoms with E-state index in [0.29, 0.717) is 11.4 Å². The second-order valence-electron chi connectivity index (χ2n) is 6.29. The molecule has 1 amide bonds. The van der Waals surface area contributed by atoms with E-state index in [-0.39, 0.29) is 19.0 Å². The number of amides is 1. The predicted octanol–water partition coefficient (Wildman–Crippen LogP) is 2.34. The topological polar surface area (TPSA) is 99.8 Å². The van der Waals surface area contributed by atoms with Crippen LogP contribution in [0.4, 0.5) is 13.2 Å². The van der Waals surface area contributed by atoms with Gasteiger partial charge in [-0.05, 0) is 17.7 Å². The summed E-state index contributed by atoms with van der Waals surface area (Å²) < 4.78 is 43.5. The van der Waals surface area contributed by atoms with Crippen LogP contribution in [0, 0.1) is 0 Å². The third-order valence-electron chi connectivity index (χ3n) is 4.56. The quantitative estimate of drug-likeness (QED) is 0.713. The Hall–Kier alpha value is -3.37. The Bertz CT molecular complexity index is 1010. The molecule has 3 aromatic rings. The number of aromatic nitrogens is 5. The van der Waals surface area contributed by atoms with Crippen molar-refractivity contribution in [3.63, 3.8) is 0 Å². The Morgan fingerprint density at radius 1 is 1.36 bits per heavy atom. The van der Waals surface area contributed by atoms with Crippen molar-refractivity contribution in [3.8, 4) is 5.75 Å². The van der Waals surface area contributed by atoms with Gasteiger partial charge in [0.1, 0.15) is 5.75 Å².